The summed E-state index contributed by atoms with van der Waals surface area (Å²) < 4.78 is 0. The second-order valence-electron chi connectivity index (χ2n) is 5.83. The van der Waals surface area contributed by atoms with Gasteiger partial charge in [0.25, 0.3) is 0 Å². The topological polar surface area (TPSA) is 12.0 Å². The van der Waals surface area contributed by atoms with Gasteiger partial charge in [0.2, 0.25) is 0 Å². The fourth-order valence-corrected chi connectivity index (χ4v) is 3.11. The Bertz CT molecular complexity index is 320. The molecule has 2 unspecified atom stereocenters. The van der Waals surface area contributed by atoms with Crippen LogP contribution in [0.25, 0.3) is 0 Å². The molecule has 0 heterocycles. The van der Waals surface area contributed by atoms with Crippen molar-refractivity contribution >= 4 is 0 Å². The van der Waals surface area contributed by atoms with Crippen LogP contribution in [0.3, 0.4) is 0 Å². The third kappa shape index (κ3) is 4.45. The normalized spacial score (nSPS) is 24.7. The predicted octanol–water partition coefficient (Wildman–Crippen LogP) is 4.38. The van der Waals surface area contributed by atoms with Gasteiger partial charge < -0.3 is 5.32 Å². The molecule has 1 aliphatic rings. The highest BCUT2D eigenvalue weighted by atomic mass is 14.8. The molecule has 1 nitrogen and oxygen atoms in total. The van der Waals surface area contributed by atoms with Crippen LogP contribution in [-0.4, -0.2) is 6.54 Å². The van der Waals surface area contributed by atoms with E-state index in [9.17, 15) is 0 Å². The Balaban J connectivity index is 1.65. The maximum Gasteiger partial charge on any atom is 0.0205 e. The fraction of sp³-hybridized carbons (Fsp3) is 0.647. The summed E-state index contributed by atoms with van der Waals surface area (Å²) in [6.45, 7) is 4.64. The monoisotopic (exact) mass is 245 g/mol. The lowest BCUT2D eigenvalue weighted by Crippen LogP contribution is -2.20. The first-order valence-electron chi connectivity index (χ1n) is 7.61. The molecule has 1 N–H and O–H groups in total. The van der Waals surface area contributed by atoms with Gasteiger partial charge in [-0.1, -0.05) is 69.4 Å². The summed E-state index contributed by atoms with van der Waals surface area (Å²) in [4.78, 5) is 0. The summed E-state index contributed by atoms with van der Waals surface area (Å²) in [5, 5.41) is 3.59. The van der Waals surface area contributed by atoms with E-state index in [1.165, 1.54) is 50.6 Å². The van der Waals surface area contributed by atoms with Crippen LogP contribution in [0.1, 0.15) is 51.0 Å². The molecule has 0 aliphatic heterocycles. The van der Waals surface area contributed by atoms with Crippen molar-refractivity contribution in [2.45, 2.75) is 52.0 Å². The minimum atomic E-state index is 0.936. The number of nitrogens with one attached hydrogen (secondary N) is 1. The molecule has 0 aromatic heterocycles. The van der Waals surface area contributed by atoms with Crippen LogP contribution >= 0.6 is 0 Å². The van der Waals surface area contributed by atoms with Gasteiger partial charge in [-0.3, -0.25) is 0 Å². The standard InChI is InChI=1S/C17H27N/c1-15-8-4-2-7-11-17(15)12-13-18-14-16-9-5-3-6-10-16/h3,5-6,9-10,15,17-18H,2,4,7-8,11-14H2,1H3. The summed E-state index contributed by atoms with van der Waals surface area (Å²) in [6, 6.07) is 10.7. The van der Waals surface area contributed by atoms with E-state index < -0.39 is 0 Å². The van der Waals surface area contributed by atoms with Crippen LogP contribution in [0.4, 0.5) is 0 Å². The minimum absolute atomic E-state index is 0.936. The average molecular weight is 245 g/mol. The molecule has 100 valence electrons. The first kappa shape index (κ1) is 13.6. The molecule has 18 heavy (non-hydrogen) atoms. The SMILES string of the molecule is CC1CCCCCC1CCNCc1ccccc1. The molecule has 2 atom stereocenters. The highest BCUT2D eigenvalue weighted by Crippen LogP contribution is 2.30. The van der Waals surface area contributed by atoms with Gasteiger partial charge in [0.15, 0.2) is 0 Å². The van der Waals surface area contributed by atoms with Crippen LogP contribution < -0.4 is 5.32 Å². The van der Waals surface area contributed by atoms with Crippen LogP contribution in [0.2, 0.25) is 0 Å². The fourth-order valence-electron chi connectivity index (χ4n) is 3.11. The summed E-state index contributed by atoms with van der Waals surface area (Å²) in [5.41, 5.74) is 1.39. The van der Waals surface area contributed by atoms with E-state index in [4.69, 9.17) is 0 Å². The quantitative estimate of drug-likeness (QED) is 0.599. The first-order chi connectivity index (χ1) is 8.86. The summed E-state index contributed by atoms with van der Waals surface area (Å²) in [6.07, 6.45) is 8.62. The van der Waals surface area contributed by atoms with E-state index in [1.54, 1.807) is 0 Å². The Morgan fingerprint density at radius 3 is 2.67 bits per heavy atom. The van der Waals surface area contributed by atoms with Gasteiger partial charge in [-0.2, -0.15) is 0 Å². The zero-order valence-corrected chi connectivity index (χ0v) is 11.7. The lowest BCUT2D eigenvalue weighted by molar-refractivity contribution is 0.313. The molecule has 2 rings (SSSR count). The van der Waals surface area contributed by atoms with E-state index in [-0.39, 0.29) is 0 Å². The largest absolute Gasteiger partial charge is 0.313 e. The van der Waals surface area contributed by atoms with Crippen molar-refractivity contribution < 1.29 is 0 Å². The third-order valence-corrected chi connectivity index (χ3v) is 4.40. The highest BCUT2D eigenvalue weighted by molar-refractivity contribution is 5.14. The third-order valence-electron chi connectivity index (χ3n) is 4.40. The average Bonchev–Trinajstić information content (AvgIpc) is 2.61. The Morgan fingerprint density at radius 1 is 1.06 bits per heavy atom. The van der Waals surface area contributed by atoms with E-state index in [2.05, 4.69) is 42.6 Å². The van der Waals surface area contributed by atoms with Gasteiger partial charge >= 0.3 is 0 Å². The Kier molecular flexibility index (Phi) is 5.73. The number of hydrogen-bond acceptors (Lipinski definition) is 1. The van der Waals surface area contributed by atoms with Crippen LogP contribution in [-0.2, 0) is 6.54 Å². The van der Waals surface area contributed by atoms with Crippen molar-refractivity contribution in [3.63, 3.8) is 0 Å². The second kappa shape index (κ2) is 7.58. The molecule has 0 saturated heterocycles. The van der Waals surface area contributed by atoms with E-state index in [1.807, 2.05) is 0 Å². The lowest BCUT2D eigenvalue weighted by atomic mass is 9.87. The van der Waals surface area contributed by atoms with Gasteiger partial charge in [-0.15, -0.1) is 0 Å². The van der Waals surface area contributed by atoms with Crippen molar-refractivity contribution in [1.29, 1.82) is 0 Å². The zero-order chi connectivity index (χ0) is 12.6. The number of hydrogen-bond donors (Lipinski definition) is 1. The molecular weight excluding hydrogens is 218 g/mol. The maximum absolute atomic E-state index is 3.59. The highest BCUT2D eigenvalue weighted by Gasteiger charge is 2.18. The molecule has 0 spiro atoms. The zero-order valence-electron chi connectivity index (χ0n) is 11.7. The molecule has 0 radical (unpaired) electrons. The number of rotatable bonds is 5. The van der Waals surface area contributed by atoms with Gasteiger partial charge in [0.05, 0.1) is 0 Å². The molecule has 0 bridgehead atoms. The summed E-state index contributed by atoms with van der Waals surface area (Å²) in [5.74, 6) is 1.89. The van der Waals surface area contributed by atoms with Gasteiger partial charge in [-0.25, -0.2) is 0 Å². The van der Waals surface area contributed by atoms with Gasteiger partial charge in [-0.05, 0) is 30.4 Å². The molecular formula is C17H27N. The smallest absolute Gasteiger partial charge is 0.0205 e. The molecule has 1 aliphatic carbocycles. The molecule has 1 fully saturated rings. The summed E-state index contributed by atoms with van der Waals surface area (Å²) >= 11 is 0. The van der Waals surface area contributed by atoms with E-state index >= 15 is 0 Å². The van der Waals surface area contributed by atoms with Crippen molar-refractivity contribution in [3.05, 3.63) is 35.9 Å². The predicted molar refractivity (Wildman–Crippen MR) is 78.5 cm³/mol. The first-order valence-corrected chi connectivity index (χ1v) is 7.61. The second-order valence-corrected chi connectivity index (χ2v) is 5.83. The molecule has 1 saturated carbocycles. The van der Waals surface area contributed by atoms with Gasteiger partial charge in [0.1, 0.15) is 0 Å². The molecule has 1 aromatic carbocycles. The molecule has 0 amide bonds. The Morgan fingerprint density at radius 2 is 1.83 bits per heavy atom. The maximum atomic E-state index is 3.59. The molecule has 1 aromatic rings. The number of benzene rings is 1. The Labute approximate surface area is 112 Å². The Hall–Kier alpha value is -0.820. The summed E-state index contributed by atoms with van der Waals surface area (Å²) in [7, 11) is 0. The minimum Gasteiger partial charge on any atom is -0.313 e. The van der Waals surface area contributed by atoms with E-state index in [0.717, 1.165) is 18.4 Å². The van der Waals surface area contributed by atoms with Crippen molar-refractivity contribution in [3.8, 4) is 0 Å². The van der Waals surface area contributed by atoms with Crippen LogP contribution in [0.5, 0.6) is 0 Å². The van der Waals surface area contributed by atoms with Crippen LogP contribution in [0.15, 0.2) is 30.3 Å². The van der Waals surface area contributed by atoms with Crippen LogP contribution in [0, 0.1) is 11.8 Å². The molecule has 1 heteroatoms. The van der Waals surface area contributed by atoms with Gasteiger partial charge in [0, 0.05) is 6.54 Å². The van der Waals surface area contributed by atoms with Crippen molar-refractivity contribution in [2.75, 3.05) is 6.54 Å². The lowest BCUT2D eigenvalue weighted by Gasteiger charge is -2.21. The van der Waals surface area contributed by atoms with Crippen molar-refractivity contribution in [1.82, 2.24) is 5.32 Å². The van der Waals surface area contributed by atoms with E-state index in [0.29, 0.717) is 0 Å². The van der Waals surface area contributed by atoms with Crippen molar-refractivity contribution in [2.24, 2.45) is 11.8 Å².